The normalized spacial score (nSPS) is 8.53. The SMILES string of the molecule is CC.CC.CC.CC.Cc1cc(Oc2c(C)cc(CC(=O)O)cc2C)cc(C)c1O. The Bertz CT molecular complexity index is 688. The largest absolute Gasteiger partial charge is 0.507 e. The van der Waals surface area contributed by atoms with Crippen molar-refractivity contribution in [1.82, 2.24) is 0 Å². The minimum atomic E-state index is -0.850. The Morgan fingerprint density at radius 2 is 1.10 bits per heavy atom. The second-order valence-corrected chi connectivity index (χ2v) is 5.64. The van der Waals surface area contributed by atoms with E-state index in [9.17, 15) is 9.90 Å². The number of hydrogen-bond acceptors (Lipinski definition) is 3. The summed E-state index contributed by atoms with van der Waals surface area (Å²) in [5.74, 6) is 0.804. The van der Waals surface area contributed by atoms with Crippen molar-refractivity contribution in [3.8, 4) is 17.2 Å². The first-order valence-electron chi connectivity index (χ1n) is 11.1. The van der Waals surface area contributed by atoms with Crippen molar-refractivity contribution < 1.29 is 19.7 Å². The minimum Gasteiger partial charge on any atom is -0.507 e. The van der Waals surface area contributed by atoms with Gasteiger partial charge in [-0.15, -0.1) is 0 Å². The molecule has 0 saturated heterocycles. The summed E-state index contributed by atoms with van der Waals surface area (Å²) in [5.41, 5.74) is 4.05. The Hall–Kier alpha value is -2.49. The Morgan fingerprint density at radius 3 is 1.43 bits per heavy atom. The number of aliphatic carboxylic acids is 1. The van der Waals surface area contributed by atoms with Gasteiger partial charge in [0.1, 0.15) is 17.2 Å². The van der Waals surface area contributed by atoms with Gasteiger partial charge in [0.05, 0.1) is 6.42 Å². The van der Waals surface area contributed by atoms with Gasteiger partial charge in [-0.3, -0.25) is 4.79 Å². The highest BCUT2D eigenvalue weighted by Gasteiger charge is 2.11. The molecule has 2 aromatic rings. The highest BCUT2D eigenvalue weighted by Crippen LogP contribution is 2.33. The number of phenols is 1. The predicted octanol–water partition coefficient (Wildman–Crippen LogP) is 8.15. The number of carboxylic acid groups (broad SMARTS) is 1. The maximum Gasteiger partial charge on any atom is 0.307 e. The first kappa shape index (κ1) is 32.2. The Kier molecular flexibility index (Phi) is 19.9. The third kappa shape index (κ3) is 10.9. The number of ether oxygens (including phenoxy) is 1. The average Bonchev–Trinajstić information content (AvgIpc) is 2.74. The molecule has 2 N–H and O–H groups in total. The highest BCUT2D eigenvalue weighted by molar-refractivity contribution is 5.70. The van der Waals surface area contributed by atoms with Crippen LogP contribution in [0.25, 0.3) is 0 Å². The fourth-order valence-electron chi connectivity index (χ4n) is 2.57. The van der Waals surface area contributed by atoms with Gasteiger partial charge in [-0.2, -0.15) is 0 Å². The van der Waals surface area contributed by atoms with Gasteiger partial charge >= 0.3 is 5.97 Å². The van der Waals surface area contributed by atoms with E-state index in [1.54, 1.807) is 12.1 Å². The fraction of sp³-hybridized carbons (Fsp3) is 0.500. The average molecular weight is 421 g/mol. The quantitative estimate of drug-likeness (QED) is 0.523. The first-order valence-corrected chi connectivity index (χ1v) is 11.1. The predicted molar refractivity (Wildman–Crippen MR) is 130 cm³/mol. The molecule has 0 heterocycles. The van der Waals surface area contributed by atoms with Crippen LogP contribution in [0.5, 0.6) is 17.2 Å². The highest BCUT2D eigenvalue weighted by atomic mass is 16.5. The summed E-state index contributed by atoms with van der Waals surface area (Å²) in [7, 11) is 0. The van der Waals surface area contributed by atoms with Crippen LogP contribution in [-0.4, -0.2) is 16.2 Å². The molecule has 0 aliphatic heterocycles. The van der Waals surface area contributed by atoms with E-state index in [0.29, 0.717) is 5.75 Å². The van der Waals surface area contributed by atoms with Crippen molar-refractivity contribution in [2.75, 3.05) is 0 Å². The monoisotopic (exact) mass is 420 g/mol. The molecule has 0 aromatic heterocycles. The lowest BCUT2D eigenvalue weighted by Gasteiger charge is -2.15. The Labute approximate surface area is 184 Å². The van der Waals surface area contributed by atoms with E-state index in [1.807, 2.05) is 95.2 Å². The molecule has 30 heavy (non-hydrogen) atoms. The number of benzene rings is 2. The summed E-state index contributed by atoms with van der Waals surface area (Å²) >= 11 is 0. The van der Waals surface area contributed by atoms with Crippen LogP contribution in [0.2, 0.25) is 0 Å². The first-order chi connectivity index (χ1) is 14.3. The molecular weight excluding hydrogens is 376 g/mol. The molecule has 2 aromatic carbocycles. The van der Waals surface area contributed by atoms with E-state index in [4.69, 9.17) is 9.84 Å². The standard InChI is InChI=1S/C18H20O4.4C2H6/c1-10-7-15(8-11(2)17(10)21)22-18-12(3)5-14(6-13(18)4)9-16(19)20;4*1-2/h5-8,21H,9H2,1-4H3,(H,19,20);4*1-2H3. The van der Waals surface area contributed by atoms with Crippen molar-refractivity contribution >= 4 is 5.97 Å². The molecule has 4 heteroatoms. The summed E-state index contributed by atoms with van der Waals surface area (Å²) in [6.45, 7) is 23.4. The van der Waals surface area contributed by atoms with Gasteiger partial charge in [-0.25, -0.2) is 0 Å². The zero-order chi connectivity index (χ0) is 24.4. The van der Waals surface area contributed by atoms with Crippen LogP contribution in [-0.2, 0) is 11.2 Å². The molecule has 0 saturated carbocycles. The molecule has 0 spiro atoms. The maximum atomic E-state index is 10.8. The lowest BCUT2D eigenvalue weighted by Crippen LogP contribution is -2.02. The number of aryl methyl sites for hydroxylation is 4. The van der Waals surface area contributed by atoms with Crippen molar-refractivity contribution in [2.45, 2.75) is 89.5 Å². The zero-order valence-corrected chi connectivity index (χ0v) is 21.2. The molecule has 0 aliphatic rings. The Morgan fingerprint density at radius 1 is 0.733 bits per heavy atom. The zero-order valence-electron chi connectivity index (χ0n) is 21.2. The minimum absolute atomic E-state index is 0.000609. The molecule has 0 unspecified atom stereocenters. The van der Waals surface area contributed by atoms with E-state index >= 15 is 0 Å². The molecule has 0 fully saturated rings. The summed E-state index contributed by atoms with van der Waals surface area (Å²) < 4.78 is 5.96. The molecule has 0 aliphatic carbocycles. The van der Waals surface area contributed by atoms with Crippen molar-refractivity contribution in [2.24, 2.45) is 0 Å². The number of rotatable bonds is 4. The lowest BCUT2D eigenvalue weighted by molar-refractivity contribution is -0.136. The maximum absolute atomic E-state index is 10.8. The molecule has 0 bridgehead atoms. The molecule has 2 rings (SSSR count). The van der Waals surface area contributed by atoms with E-state index in [0.717, 1.165) is 33.6 Å². The molecule has 172 valence electrons. The molecular formula is C26H44O4. The topological polar surface area (TPSA) is 66.8 Å². The smallest absolute Gasteiger partial charge is 0.307 e. The van der Waals surface area contributed by atoms with E-state index < -0.39 is 5.97 Å². The van der Waals surface area contributed by atoms with Gasteiger partial charge in [-0.1, -0.05) is 67.5 Å². The van der Waals surface area contributed by atoms with Crippen LogP contribution in [0, 0.1) is 27.7 Å². The van der Waals surface area contributed by atoms with Crippen LogP contribution in [0.1, 0.15) is 83.2 Å². The van der Waals surface area contributed by atoms with E-state index in [2.05, 4.69) is 0 Å². The number of phenolic OH excluding ortho intramolecular Hbond substituents is 1. The third-order valence-corrected chi connectivity index (χ3v) is 3.56. The van der Waals surface area contributed by atoms with E-state index in [1.165, 1.54) is 0 Å². The molecule has 4 nitrogen and oxygen atoms in total. The number of aromatic hydroxyl groups is 1. The van der Waals surface area contributed by atoms with Crippen molar-refractivity contribution in [3.63, 3.8) is 0 Å². The second-order valence-electron chi connectivity index (χ2n) is 5.64. The van der Waals surface area contributed by atoms with Gasteiger partial charge in [0.25, 0.3) is 0 Å². The lowest BCUT2D eigenvalue weighted by atomic mass is 10.0. The summed E-state index contributed by atoms with van der Waals surface area (Å²) in [4.78, 5) is 10.8. The number of carbonyl (C=O) groups is 1. The second kappa shape index (κ2) is 18.5. The van der Waals surface area contributed by atoms with Crippen LogP contribution in [0.3, 0.4) is 0 Å². The third-order valence-electron chi connectivity index (χ3n) is 3.56. The molecule has 0 atom stereocenters. The van der Waals surface area contributed by atoms with Crippen molar-refractivity contribution in [3.05, 3.63) is 52.1 Å². The fourth-order valence-corrected chi connectivity index (χ4v) is 2.57. The van der Waals surface area contributed by atoms with Gasteiger partial charge in [0.15, 0.2) is 0 Å². The van der Waals surface area contributed by atoms with Crippen molar-refractivity contribution in [1.29, 1.82) is 0 Å². The number of hydrogen-bond donors (Lipinski definition) is 2. The summed E-state index contributed by atoms with van der Waals surface area (Å²) in [5, 5.41) is 18.7. The summed E-state index contributed by atoms with van der Waals surface area (Å²) in [6, 6.07) is 7.23. The van der Waals surface area contributed by atoms with Crippen LogP contribution >= 0.6 is 0 Å². The molecule has 0 amide bonds. The number of carboxylic acids is 1. The van der Waals surface area contributed by atoms with Crippen LogP contribution in [0.15, 0.2) is 24.3 Å². The van der Waals surface area contributed by atoms with E-state index in [-0.39, 0.29) is 12.2 Å². The summed E-state index contributed by atoms with van der Waals surface area (Å²) in [6.07, 6.45) is -0.000609. The Balaban J connectivity index is -0.000000815. The van der Waals surface area contributed by atoms with Crippen LogP contribution < -0.4 is 4.74 Å². The molecule has 0 radical (unpaired) electrons. The van der Waals surface area contributed by atoms with Crippen LogP contribution in [0.4, 0.5) is 0 Å². The van der Waals surface area contributed by atoms with Gasteiger partial charge in [0.2, 0.25) is 0 Å². The van der Waals surface area contributed by atoms with Gasteiger partial charge in [-0.05, 0) is 67.6 Å². The van der Waals surface area contributed by atoms with Gasteiger partial charge < -0.3 is 14.9 Å². The van der Waals surface area contributed by atoms with Gasteiger partial charge in [0, 0.05) is 0 Å².